The van der Waals surface area contributed by atoms with Gasteiger partial charge in [-0.05, 0) is 0 Å². The number of carbonyl (C=O) groups is 1. The molecular weight excluding hydrogens is 198 g/mol. The highest BCUT2D eigenvalue weighted by Gasteiger charge is 2.56. The molecule has 14 heavy (non-hydrogen) atoms. The summed E-state index contributed by atoms with van der Waals surface area (Å²) in [6, 6.07) is 0. The Morgan fingerprint density at radius 1 is 1.21 bits per heavy atom. The molecule has 1 fully saturated rings. The van der Waals surface area contributed by atoms with Gasteiger partial charge in [-0.25, -0.2) is 0 Å². The van der Waals surface area contributed by atoms with Gasteiger partial charge in [0.2, 0.25) is 0 Å². The molecule has 0 radical (unpaired) electrons. The fourth-order valence-corrected chi connectivity index (χ4v) is 1.11. The fourth-order valence-electron chi connectivity index (χ4n) is 1.11. The lowest BCUT2D eigenvalue weighted by molar-refractivity contribution is -0.365. The molecule has 7 N–H and O–H groups in total. The molecule has 0 aromatic carbocycles. The number of aliphatic hydroxyl groups excluding tert-OH is 4. The molecule has 0 spiro atoms. The van der Waals surface area contributed by atoms with E-state index in [4.69, 9.17) is 20.4 Å². The molecule has 0 bridgehead atoms. The molecule has 5 atom stereocenters. The van der Waals surface area contributed by atoms with Crippen LogP contribution in [0.4, 0.5) is 0 Å². The Morgan fingerprint density at radius 3 is 2.14 bits per heavy atom. The lowest BCUT2D eigenvalue weighted by atomic mass is 9.95. The third-order valence-electron chi connectivity index (χ3n) is 2.02. The number of hydrogen-bond acceptors (Lipinski definition) is 7. The maximum Gasteiger partial charge on any atom is 0.280 e. The van der Waals surface area contributed by atoms with Gasteiger partial charge >= 0.3 is 0 Å². The summed E-state index contributed by atoms with van der Waals surface area (Å²) in [6.45, 7) is 0. The van der Waals surface area contributed by atoms with E-state index in [2.05, 4.69) is 10.5 Å². The van der Waals surface area contributed by atoms with E-state index in [0.29, 0.717) is 0 Å². The minimum absolute atomic E-state index is 1.48. The lowest BCUT2D eigenvalue weighted by Gasteiger charge is -2.41. The van der Waals surface area contributed by atoms with Crippen LogP contribution in [0.15, 0.2) is 0 Å². The van der Waals surface area contributed by atoms with Crippen molar-refractivity contribution in [2.45, 2.75) is 30.4 Å². The summed E-state index contributed by atoms with van der Waals surface area (Å²) in [4.78, 5) is 10.7. The van der Waals surface area contributed by atoms with Crippen LogP contribution >= 0.6 is 0 Å². The molecule has 82 valence electrons. The van der Waals surface area contributed by atoms with Crippen molar-refractivity contribution < 1.29 is 35.1 Å². The maximum atomic E-state index is 10.7. The van der Waals surface area contributed by atoms with Crippen LogP contribution in [0, 0.1) is 0 Å². The van der Waals surface area contributed by atoms with Crippen LogP contribution in [-0.4, -0.2) is 61.8 Å². The van der Waals surface area contributed by atoms with Crippen LogP contribution in [0.1, 0.15) is 0 Å². The van der Waals surface area contributed by atoms with E-state index in [0.717, 1.165) is 0 Å². The molecule has 1 aliphatic rings. The summed E-state index contributed by atoms with van der Waals surface area (Å²) in [5.41, 5.74) is 4.68. The van der Waals surface area contributed by atoms with Crippen molar-refractivity contribution in [3.05, 3.63) is 0 Å². The summed E-state index contributed by atoms with van der Waals surface area (Å²) in [7, 11) is 0. The standard InChI is InChI=1S/C6H11NO7/c7-5(12)6(13)3(10)1(8)2(9)4(11)14-6/h1-4,8-11,13H,(H2,7,12)/t1-,2+,3+,4+,6-/m0/s1. The Hall–Kier alpha value is -0.770. The Kier molecular flexibility index (Phi) is 2.76. The first-order chi connectivity index (χ1) is 6.30. The van der Waals surface area contributed by atoms with E-state index in [9.17, 15) is 9.90 Å². The van der Waals surface area contributed by atoms with Gasteiger partial charge in [0.05, 0.1) is 0 Å². The van der Waals surface area contributed by atoms with Crippen LogP contribution in [0.25, 0.3) is 0 Å². The SMILES string of the molecule is NC(=O)[C@@]1(O)O[C@@H](O)[C@H](O)[C@H](O)[C@H]1O. The highest BCUT2D eigenvalue weighted by atomic mass is 16.7. The van der Waals surface area contributed by atoms with Gasteiger partial charge in [0.25, 0.3) is 11.7 Å². The highest BCUT2D eigenvalue weighted by molar-refractivity contribution is 5.82. The number of amides is 1. The van der Waals surface area contributed by atoms with Crippen molar-refractivity contribution >= 4 is 5.91 Å². The van der Waals surface area contributed by atoms with Crippen molar-refractivity contribution in [1.29, 1.82) is 0 Å². The van der Waals surface area contributed by atoms with E-state index >= 15 is 0 Å². The van der Waals surface area contributed by atoms with E-state index in [-0.39, 0.29) is 0 Å². The summed E-state index contributed by atoms with van der Waals surface area (Å²) >= 11 is 0. The van der Waals surface area contributed by atoms with Gasteiger partial charge in [-0.3, -0.25) is 4.79 Å². The van der Waals surface area contributed by atoms with Gasteiger partial charge in [-0.1, -0.05) is 0 Å². The normalized spacial score (nSPS) is 48.9. The van der Waals surface area contributed by atoms with Gasteiger partial charge in [0.15, 0.2) is 6.29 Å². The van der Waals surface area contributed by atoms with E-state index in [1.54, 1.807) is 0 Å². The second-order valence-corrected chi connectivity index (χ2v) is 3.00. The molecule has 1 aliphatic heterocycles. The van der Waals surface area contributed by atoms with Crippen LogP contribution < -0.4 is 5.73 Å². The van der Waals surface area contributed by atoms with Gasteiger partial charge < -0.3 is 36.0 Å². The molecule has 1 rings (SSSR count). The number of ether oxygens (including phenoxy) is 1. The van der Waals surface area contributed by atoms with Crippen molar-refractivity contribution in [3.8, 4) is 0 Å². The smallest absolute Gasteiger partial charge is 0.280 e. The van der Waals surface area contributed by atoms with Crippen LogP contribution in [0.3, 0.4) is 0 Å². The largest absolute Gasteiger partial charge is 0.387 e. The molecule has 1 amide bonds. The van der Waals surface area contributed by atoms with Crippen LogP contribution in [0.5, 0.6) is 0 Å². The number of carbonyl (C=O) groups excluding carboxylic acids is 1. The van der Waals surface area contributed by atoms with Crippen molar-refractivity contribution in [3.63, 3.8) is 0 Å². The van der Waals surface area contributed by atoms with Gasteiger partial charge in [0, 0.05) is 0 Å². The van der Waals surface area contributed by atoms with Crippen LogP contribution in [-0.2, 0) is 9.53 Å². The second kappa shape index (κ2) is 3.42. The quantitative estimate of drug-likeness (QED) is 0.255. The van der Waals surface area contributed by atoms with Crippen molar-refractivity contribution in [1.82, 2.24) is 0 Å². The van der Waals surface area contributed by atoms with Gasteiger partial charge in [-0.15, -0.1) is 0 Å². The average molecular weight is 209 g/mol. The molecule has 0 aromatic rings. The molecule has 0 aliphatic carbocycles. The summed E-state index contributed by atoms with van der Waals surface area (Å²) in [6.07, 6.45) is -7.90. The van der Waals surface area contributed by atoms with Crippen molar-refractivity contribution in [2.24, 2.45) is 5.73 Å². The van der Waals surface area contributed by atoms with Crippen molar-refractivity contribution in [2.75, 3.05) is 0 Å². The second-order valence-electron chi connectivity index (χ2n) is 3.00. The van der Waals surface area contributed by atoms with Gasteiger partial charge in [-0.2, -0.15) is 0 Å². The number of primary amides is 1. The monoisotopic (exact) mass is 209 g/mol. The third-order valence-corrected chi connectivity index (χ3v) is 2.02. The minimum atomic E-state index is -2.90. The Balaban J connectivity index is 2.96. The highest BCUT2D eigenvalue weighted by Crippen LogP contribution is 2.26. The first kappa shape index (κ1) is 11.3. The predicted octanol–water partition coefficient (Wildman–Crippen LogP) is -4.41. The molecule has 0 unspecified atom stereocenters. The molecule has 0 saturated carbocycles. The third kappa shape index (κ3) is 1.47. The molecule has 1 saturated heterocycles. The summed E-state index contributed by atoms with van der Waals surface area (Å²) in [5, 5.41) is 45.5. The zero-order valence-corrected chi connectivity index (χ0v) is 6.94. The number of nitrogens with two attached hydrogens (primary N) is 1. The fraction of sp³-hybridized carbons (Fsp3) is 0.833. The summed E-state index contributed by atoms with van der Waals surface area (Å²) in [5.74, 6) is -4.38. The first-order valence-corrected chi connectivity index (χ1v) is 3.73. The molecule has 8 heteroatoms. The zero-order chi connectivity index (χ0) is 11.1. The number of rotatable bonds is 1. The molecule has 1 heterocycles. The number of hydrogen-bond donors (Lipinski definition) is 6. The minimum Gasteiger partial charge on any atom is -0.387 e. The first-order valence-electron chi connectivity index (χ1n) is 3.73. The Labute approximate surface area is 78.1 Å². The molecule has 8 nitrogen and oxygen atoms in total. The average Bonchev–Trinajstić information content (AvgIpc) is 2.11. The maximum absolute atomic E-state index is 10.7. The number of aliphatic hydroxyl groups is 5. The van der Waals surface area contributed by atoms with E-state index in [1.165, 1.54) is 0 Å². The Morgan fingerprint density at radius 2 is 1.71 bits per heavy atom. The topological polar surface area (TPSA) is 153 Å². The lowest BCUT2D eigenvalue weighted by Crippen LogP contribution is -2.68. The summed E-state index contributed by atoms with van der Waals surface area (Å²) < 4.78 is 4.21. The predicted molar refractivity (Wildman–Crippen MR) is 39.3 cm³/mol. The zero-order valence-electron chi connectivity index (χ0n) is 6.94. The van der Waals surface area contributed by atoms with E-state index < -0.39 is 36.3 Å². The van der Waals surface area contributed by atoms with E-state index in [1.807, 2.05) is 0 Å². The Bertz CT molecular complexity index is 246. The molecule has 0 aromatic heterocycles. The van der Waals surface area contributed by atoms with Crippen LogP contribution in [0.2, 0.25) is 0 Å². The van der Waals surface area contributed by atoms with Gasteiger partial charge in [0.1, 0.15) is 18.3 Å². The molecular formula is C6H11NO7.